The monoisotopic (exact) mass is 391 g/mol. The maximum Gasteiger partial charge on any atom is 0.338 e. The number of carbonyl (C=O) groups excluding carboxylic acids is 3. The molecule has 1 aromatic carbocycles. The molecule has 1 unspecified atom stereocenters. The van der Waals surface area contributed by atoms with Crippen LogP contribution in [0.2, 0.25) is 5.02 Å². The van der Waals surface area contributed by atoms with Gasteiger partial charge in [-0.05, 0) is 38.5 Å². The Bertz CT molecular complexity index is 895. The molecule has 0 aliphatic carbocycles. The van der Waals surface area contributed by atoms with Crippen molar-refractivity contribution < 1.29 is 23.6 Å². The highest BCUT2D eigenvalue weighted by Gasteiger charge is 2.26. The summed E-state index contributed by atoms with van der Waals surface area (Å²) in [7, 11) is 0. The van der Waals surface area contributed by atoms with Crippen LogP contribution in [-0.2, 0) is 14.3 Å². The van der Waals surface area contributed by atoms with Crippen LogP contribution in [0.4, 0.5) is 11.5 Å². The van der Waals surface area contributed by atoms with Crippen LogP contribution in [0.5, 0.6) is 0 Å². The van der Waals surface area contributed by atoms with E-state index >= 15 is 0 Å². The summed E-state index contributed by atoms with van der Waals surface area (Å²) in [6.07, 6.45) is 0.133. The van der Waals surface area contributed by atoms with Crippen LogP contribution >= 0.6 is 11.6 Å². The Kier molecular flexibility index (Phi) is 5.46. The highest BCUT2D eigenvalue weighted by atomic mass is 35.5. The minimum absolute atomic E-state index is 0.0435. The number of aromatic nitrogens is 1. The molecule has 0 bridgehead atoms. The molecule has 1 saturated heterocycles. The first-order chi connectivity index (χ1) is 12.8. The molecule has 1 atom stereocenters. The van der Waals surface area contributed by atoms with E-state index in [1.807, 2.05) is 0 Å². The Morgan fingerprint density at radius 1 is 1.37 bits per heavy atom. The molecule has 1 N–H and O–H groups in total. The number of aryl methyl sites for hydroxylation is 1. The third-order valence-electron chi connectivity index (χ3n) is 4.08. The van der Waals surface area contributed by atoms with Gasteiger partial charge in [0.05, 0.1) is 16.3 Å². The minimum Gasteiger partial charge on any atom is -0.449 e. The van der Waals surface area contributed by atoms with Gasteiger partial charge in [-0.2, -0.15) is 0 Å². The largest absolute Gasteiger partial charge is 0.449 e. The molecule has 1 fully saturated rings. The van der Waals surface area contributed by atoms with Crippen molar-refractivity contribution in [1.29, 1.82) is 0 Å². The number of anilines is 2. The zero-order chi connectivity index (χ0) is 19.6. The number of halogens is 1. The molecule has 3 rings (SSSR count). The number of benzene rings is 1. The lowest BCUT2D eigenvalue weighted by atomic mass is 10.2. The van der Waals surface area contributed by atoms with E-state index in [4.69, 9.17) is 20.9 Å². The number of hydrogen-bond donors (Lipinski definition) is 1. The van der Waals surface area contributed by atoms with Gasteiger partial charge in [-0.3, -0.25) is 9.59 Å². The van der Waals surface area contributed by atoms with Crippen LogP contribution in [0.3, 0.4) is 0 Å². The molecule has 142 valence electrons. The van der Waals surface area contributed by atoms with Crippen molar-refractivity contribution in [2.75, 3.05) is 16.8 Å². The minimum atomic E-state index is -1.05. The average Bonchev–Trinajstić information content (AvgIpc) is 3.23. The van der Waals surface area contributed by atoms with Crippen LogP contribution in [0.15, 0.2) is 28.8 Å². The number of esters is 1. The molecule has 0 saturated carbocycles. The fourth-order valence-electron chi connectivity index (χ4n) is 2.68. The lowest BCUT2D eigenvalue weighted by molar-refractivity contribution is -0.123. The van der Waals surface area contributed by atoms with Crippen molar-refractivity contribution in [2.45, 2.75) is 32.8 Å². The van der Waals surface area contributed by atoms with E-state index in [0.717, 1.165) is 6.42 Å². The second kappa shape index (κ2) is 7.79. The molecule has 2 heterocycles. The van der Waals surface area contributed by atoms with Crippen LogP contribution < -0.4 is 10.2 Å². The predicted molar refractivity (Wildman–Crippen MR) is 97.8 cm³/mol. The lowest BCUT2D eigenvalue weighted by Crippen LogP contribution is -2.30. The molecule has 1 aliphatic heterocycles. The summed E-state index contributed by atoms with van der Waals surface area (Å²) < 4.78 is 10.1. The maximum absolute atomic E-state index is 12.4. The highest BCUT2D eigenvalue weighted by molar-refractivity contribution is 6.34. The first-order valence-corrected chi connectivity index (χ1v) is 8.78. The average molecular weight is 392 g/mol. The zero-order valence-electron chi connectivity index (χ0n) is 14.8. The van der Waals surface area contributed by atoms with Gasteiger partial charge in [-0.25, -0.2) is 4.79 Å². The van der Waals surface area contributed by atoms with Gasteiger partial charge in [-0.15, -0.1) is 0 Å². The Morgan fingerprint density at radius 3 is 2.78 bits per heavy atom. The molecular weight excluding hydrogens is 374 g/mol. The molecular formula is C18H18ClN3O5. The van der Waals surface area contributed by atoms with Gasteiger partial charge in [0.15, 0.2) is 11.9 Å². The van der Waals surface area contributed by atoms with E-state index in [9.17, 15) is 14.4 Å². The fraction of sp³-hybridized carbons (Fsp3) is 0.333. The van der Waals surface area contributed by atoms with E-state index < -0.39 is 18.0 Å². The van der Waals surface area contributed by atoms with Crippen LogP contribution in [0, 0.1) is 6.92 Å². The van der Waals surface area contributed by atoms with E-state index in [0.29, 0.717) is 29.4 Å². The number of hydrogen-bond acceptors (Lipinski definition) is 6. The van der Waals surface area contributed by atoms with Gasteiger partial charge in [-0.1, -0.05) is 16.8 Å². The van der Waals surface area contributed by atoms with Gasteiger partial charge in [0.2, 0.25) is 5.91 Å². The smallest absolute Gasteiger partial charge is 0.338 e. The summed E-state index contributed by atoms with van der Waals surface area (Å²) in [4.78, 5) is 38.0. The summed E-state index contributed by atoms with van der Waals surface area (Å²) in [6.45, 7) is 3.68. The van der Waals surface area contributed by atoms with Crippen molar-refractivity contribution in [1.82, 2.24) is 5.16 Å². The quantitative estimate of drug-likeness (QED) is 0.786. The van der Waals surface area contributed by atoms with E-state index in [-0.39, 0.29) is 17.3 Å². The molecule has 0 spiro atoms. The normalized spacial score (nSPS) is 14.9. The molecule has 2 aromatic rings. The van der Waals surface area contributed by atoms with Crippen molar-refractivity contribution in [3.63, 3.8) is 0 Å². The Hall–Kier alpha value is -2.87. The Morgan fingerprint density at radius 2 is 2.15 bits per heavy atom. The number of rotatable bonds is 5. The van der Waals surface area contributed by atoms with E-state index in [2.05, 4.69) is 10.5 Å². The molecule has 1 aromatic heterocycles. The SMILES string of the molecule is Cc1cc(NC(=O)C(C)OC(=O)c2ccc(Cl)c(N3CCCC3=O)c2)no1. The van der Waals surface area contributed by atoms with Gasteiger partial charge >= 0.3 is 5.97 Å². The molecule has 0 radical (unpaired) electrons. The van der Waals surface area contributed by atoms with Gasteiger partial charge in [0, 0.05) is 19.0 Å². The molecule has 2 amide bonds. The van der Waals surface area contributed by atoms with Crippen molar-refractivity contribution >= 4 is 40.9 Å². The van der Waals surface area contributed by atoms with Crippen molar-refractivity contribution in [3.8, 4) is 0 Å². The summed E-state index contributed by atoms with van der Waals surface area (Å²) in [5, 5.41) is 6.51. The second-order valence-electron chi connectivity index (χ2n) is 6.17. The highest BCUT2D eigenvalue weighted by Crippen LogP contribution is 2.30. The molecule has 1 aliphatic rings. The van der Waals surface area contributed by atoms with Crippen molar-refractivity contribution in [2.24, 2.45) is 0 Å². The van der Waals surface area contributed by atoms with Crippen LogP contribution in [0.25, 0.3) is 0 Å². The van der Waals surface area contributed by atoms with E-state index in [1.54, 1.807) is 17.9 Å². The van der Waals surface area contributed by atoms with Gasteiger partial charge < -0.3 is 19.5 Å². The number of carbonyl (C=O) groups is 3. The third-order valence-corrected chi connectivity index (χ3v) is 4.40. The van der Waals surface area contributed by atoms with Crippen molar-refractivity contribution in [3.05, 3.63) is 40.6 Å². The summed E-state index contributed by atoms with van der Waals surface area (Å²) in [5.41, 5.74) is 0.662. The topological polar surface area (TPSA) is 102 Å². The van der Waals surface area contributed by atoms with Gasteiger partial charge in [0.1, 0.15) is 5.76 Å². The van der Waals surface area contributed by atoms with Crippen LogP contribution in [-0.4, -0.2) is 35.6 Å². The summed E-state index contributed by atoms with van der Waals surface area (Å²) in [5.74, 6) is -0.501. The Labute approximate surface area is 160 Å². The summed E-state index contributed by atoms with van der Waals surface area (Å²) in [6, 6.07) is 6.06. The number of ether oxygens (including phenoxy) is 1. The lowest BCUT2D eigenvalue weighted by Gasteiger charge is -2.18. The van der Waals surface area contributed by atoms with Gasteiger partial charge in [0.25, 0.3) is 5.91 Å². The number of nitrogens with zero attached hydrogens (tertiary/aromatic N) is 2. The molecule has 8 nitrogen and oxygen atoms in total. The fourth-order valence-corrected chi connectivity index (χ4v) is 2.90. The predicted octanol–water partition coefficient (Wildman–Crippen LogP) is 2.95. The Balaban J connectivity index is 1.68. The first kappa shape index (κ1) is 18.9. The third kappa shape index (κ3) is 4.28. The standard InChI is InChI=1S/C18H18ClN3O5/c1-10-8-15(21-27-10)20-17(24)11(2)26-18(25)12-5-6-13(19)14(9-12)22-7-3-4-16(22)23/h5-6,8-9,11H,3-4,7H2,1-2H3,(H,20,21,24). The van der Waals surface area contributed by atoms with E-state index in [1.165, 1.54) is 25.1 Å². The maximum atomic E-state index is 12.4. The van der Waals surface area contributed by atoms with Crippen LogP contribution in [0.1, 0.15) is 35.9 Å². The number of amides is 2. The number of nitrogens with one attached hydrogen (secondary N) is 1. The zero-order valence-corrected chi connectivity index (χ0v) is 15.6. The molecule has 9 heteroatoms. The summed E-state index contributed by atoms with van der Waals surface area (Å²) >= 11 is 6.17. The second-order valence-corrected chi connectivity index (χ2v) is 6.58. The molecule has 27 heavy (non-hydrogen) atoms. The first-order valence-electron chi connectivity index (χ1n) is 8.40.